The van der Waals surface area contributed by atoms with Gasteiger partial charge in [-0.2, -0.15) is 13.2 Å². The largest absolute Gasteiger partial charge is 0.416 e. The van der Waals surface area contributed by atoms with Gasteiger partial charge in [-0.25, -0.2) is 9.97 Å². The van der Waals surface area contributed by atoms with Gasteiger partial charge < -0.3 is 15.4 Å². The van der Waals surface area contributed by atoms with Crippen molar-refractivity contribution >= 4 is 22.6 Å². The van der Waals surface area contributed by atoms with E-state index < -0.39 is 11.7 Å². The number of piperidine rings is 1. The van der Waals surface area contributed by atoms with Gasteiger partial charge >= 0.3 is 6.18 Å². The zero-order valence-corrected chi connectivity index (χ0v) is 19.2. The average molecular weight is 483 g/mol. The minimum Gasteiger partial charge on any atom is -0.383 e. The van der Waals surface area contributed by atoms with Gasteiger partial charge in [-0.1, -0.05) is 13.0 Å². The van der Waals surface area contributed by atoms with Gasteiger partial charge in [-0.05, 0) is 66.0 Å². The number of likely N-dealkylation sites (tertiary alicyclic amines) is 1. The lowest BCUT2D eigenvalue weighted by Gasteiger charge is -2.47. The number of carbonyl (C=O) groups excluding carboxylic acids is 1. The number of aryl methyl sites for hydroxylation is 1. The van der Waals surface area contributed by atoms with Crippen molar-refractivity contribution in [3.63, 3.8) is 0 Å². The van der Waals surface area contributed by atoms with E-state index in [0.29, 0.717) is 48.8 Å². The Labute approximate surface area is 200 Å². The number of ether oxygens (including phenoxy) is 1. The van der Waals surface area contributed by atoms with E-state index in [0.717, 1.165) is 41.0 Å². The Kier molecular flexibility index (Phi) is 5.03. The summed E-state index contributed by atoms with van der Waals surface area (Å²) in [7, 11) is 0. The van der Waals surface area contributed by atoms with Crippen LogP contribution in [-0.2, 0) is 30.5 Å². The molecule has 6 nitrogen and oxygen atoms in total. The van der Waals surface area contributed by atoms with Crippen LogP contribution in [-0.4, -0.2) is 27.3 Å². The zero-order chi connectivity index (χ0) is 24.5. The van der Waals surface area contributed by atoms with Gasteiger partial charge in [0.25, 0.3) is 5.91 Å². The smallest absolute Gasteiger partial charge is 0.383 e. The molecule has 0 spiro atoms. The summed E-state index contributed by atoms with van der Waals surface area (Å²) in [6.45, 7) is 3.43. The van der Waals surface area contributed by atoms with Crippen molar-refractivity contribution in [2.24, 2.45) is 11.8 Å². The highest BCUT2D eigenvalue weighted by Gasteiger charge is 2.42. The van der Waals surface area contributed by atoms with Gasteiger partial charge in [0.1, 0.15) is 11.5 Å². The molecule has 1 fully saturated rings. The SMILES string of the molecule is C[C@@H]1C[C@@H]2CCc3cc(C(F)(F)F)ccc3[C@@H]2N(C(=O)c2cc3c4c(c(N)nc3cn2)COC4)C1. The number of rotatable bonds is 1. The molecule has 3 aliphatic rings. The molecule has 2 N–H and O–H groups in total. The minimum atomic E-state index is -4.39. The van der Waals surface area contributed by atoms with Gasteiger partial charge in [-0.3, -0.25) is 4.79 Å². The third-order valence-corrected chi connectivity index (χ3v) is 7.66. The first-order valence-electron chi connectivity index (χ1n) is 11.9. The third kappa shape index (κ3) is 3.64. The third-order valence-electron chi connectivity index (χ3n) is 7.66. The topological polar surface area (TPSA) is 81.3 Å². The van der Waals surface area contributed by atoms with Gasteiger partial charge in [0, 0.05) is 17.5 Å². The van der Waals surface area contributed by atoms with E-state index in [2.05, 4.69) is 16.9 Å². The Balaban J connectivity index is 1.41. The van der Waals surface area contributed by atoms with Crippen LogP contribution in [0.15, 0.2) is 30.5 Å². The summed E-state index contributed by atoms with van der Waals surface area (Å²) in [6, 6.07) is 5.44. The molecule has 1 aliphatic carbocycles. The summed E-state index contributed by atoms with van der Waals surface area (Å²) in [5.41, 5.74) is 9.58. The Bertz CT molecular complexity index is 1360. The van der Waals surface area contributed by atoms with Crippen LogP contribution in [0.2, 0.25) is 0 Å². The molecule has 0 radical (unpaired) electrons. The maximum Gasteiger partial charge on any atom is 0.416 e. The van der Waals surface area contributed by atoms with Crippen molar-refractivity contribution in [3.05, 3.63) is 64.0 Å². The fourth-order valence-corrected chi connectivity index (χ4v) is 6.10. The number of alkyl halides is 3. The Hall–Kier alpha value is -3.20. The second-order valence-electron chi connectivity index (χ2n) is 9.99. The first-order chi connectivity index (χ1) is 16.7. The molecule has 0 unspecified atom stereocenters. The van der Waals surface area contributed by atoms with Crippen molar-refractivity contribution in [3.8, 4) is 0 Å². The lowest BCUT2D eigenvalue weighted by Crippen LogP contribution is -2.47. The highest BCUT2D eigenvalue weighted by Crippen LogP contribution is 2.47. The second-order valence-corrected chi connectivity index (χ2v) is 9.99. The van der Waals surface area contributed by atoms with Gasteiger partial charge in [-0.15, -0.1) is 0 Å². The number of anilines is 1. The molecule has 9 heteroatoms. The predicted octanol–water partition coefficient (Wildman–Crippen LogP) is 5.05. The summed E-state index contributed by atoms with van der Waals surface area (Å²) >= 11 is 0. The summed E-state index contributed by atoms with van der Waals surface area (Å²) in [6.07, 6.45) is -0.547. The molecule has 0 bridgehead atoms. The molecule has 3 atom stereocenters. The highest BCUT2D eigenvalue weighted by atomic mass is 19.4. The number of fused-ring (bicyclic) bond motifs is 6. The standard InChI is InChI=1S/C26H25F3N4O2/c1-13-6-15-3-2-14-7-16(26(27,28)29)4-5-17(14)23(15)33(10-13)25(34)21-8-18-19-11-35-12-20(19)24(30)32-22(18)9-31-21/h4-5,7-9,13,15,23H,2-3,6,10-12H2,1H3,(H2,30,32)/t13-,15+,23-/m1/s1. The molecular formula is C26H25F3N4O2. The summed E-state index contributed by atoms with van der Waals surface area (Å²) in [4.78, 5) is 24.5. The van der Waals surface area contributed by atoms with Gasteiger partial charge in [0.2, 0.25) is 0 Å². The molecule has 4 heterocycles. The summed E-state index contributed by atoms with van der Waals surface area (Å²) in [5, 5.41) is 0.797. The summed E-state index contributed by atoms with van der Waals surface area (Å²) in [5.74, 6) is 0.684. The van der Waals surface area contributed by atoms with Crippen LogP contribution in [0.25, 0.3) is 10.9 Å². The lowest BCUT2D eigenvalue weighted by atomic mass is 9.72. The molecular weight excluding hydrogens is 457 g/mol. The van der Waals surface area contributed by atoms with Crippen LogP contribution in [0, 0.1) is 11.8 Å². The zero-order valence-electron chi connectivity index (χ0n) is 19.2. The number of nitrogens with two attached hydrogens (primary N) is 1. The Morgan fingerprint density at radius 1 is 1.20 bits per heavy atom. The fourth-order valence-electron chi connectivity index (χ4n) is 6.10. The number of hydrogen-bond donors (Lipinski definition) is 1. The van der Waals surface area contributed by atoms with Crippen molar-refractivity contribution in [2.75, 3.05) is 12.3 Å². The van der Waals surface area contributed by atoms with Crippen molar-refractivity contribution < 1.29 is 22.7 Å². The predicted molar refractivity (Wildman–Crippen MR) is 123 cm³/mol. The van der Waals surface area contributed by atoms with Crippen LogP contribution >= 0.6 is 0 Å². The first kappa shape index (κ1) is 22.3. The molecule has 182 valence electrons. The number of hydrogen-bond acceptors (Lipinski definition) is 5. The Morgan fingerprint density at radius 2 is 2.00 bits per heavy atom. The number of carbonyl (C=O) groups is 1. The quantitative estimate of drug-likeness (QED) is 0.525. The monoisotopic (exact) mass is 482 g/mol. The average Bonchev–Trinajstić information content (AvgIpc) is 3.33. The molecule has 35 heavy (non-hydrogen) atoms. The fraction of sp³-hybridized carbons (Fsp3) is 0.423. The number of amides is 1. The van der Waals surface area contributed by atoms with E-state index in [1.54, 1.807) is 18.3 Å². The normalized spacial score (nSPS) is 23.7. The molecule has 2 aliphatic heterocycles. The van der Waals surface area contributed by atoms with Crippen molar-refractivity contribution in [1.82, 2.24) is 14.9 Å². The summed E-state index contributed by atoms with van der Waals surface area (Å²) < 4.78 is 45.5. The first-order valence-corrected chi connectivity index (χ1v) is 11.9. The maximum absolute atomic E-state index is 13.9. The van der Waals surface area contributed by atoms with Crippen molar-refractivity contribution in [2.45, 2.75) is 51.6 Å². The highest BCUT2D eigenvalue weighted by molar-refractivity contribution is 5.97. The van der Waals surface area contributed by atoms with E-state index in [9.17, 15) is 18.0 Å². The van der Waals surface area contributed by atoms with Crippen LogP contribution in [0.1, 0.15) is 64.1 Å². The van der Waals surface area contributed by atoms with E-state index in [1.165, 1.54) is 6.07 Å². The van der Waals surface area contributed by atoms with E-state index >= 15 is 0 Å². The van der Waals surface area contributed by atoms with Gasteiger partial charge in [0.15, 0.2) is 0 Å². The number of nitrogens with zero attached hydrogens (tertiary/aromatic N) is 3. The number of halogens is 3. The molecule has 0 saturated carbocycles. The second kappa shape index (κ2) is 7.91. The van der Waals surface area contributed by atoms with Gasteiger partial charge in [0.05, 0.1) is 36.5 Å². The molecule has 1 saturated heterocycles. The molecule has 3 aromatic rings. The molecule has 6 rings (SSSR count). The van der Waals surface area contributed by atoms with E-state index in [-0.39, 0.29) is 23.8 Å². The van der Waals surface area contributed by atoms with Crippen LogP contribution in [0.4, 0.5) is 19.0 Å². The van der Waals surface area contributed by atoms with Crippen LogP contribution in [0.3, 0.4) is 0 Å². The van der Waals surface area contributed by atoms with Crippen LogP contribution in [0.5, 0.6) is 0 Å². The number of pyridine rings is 2. The van der Waals surface area contributed by atoms with E-state index in [4.69, 9.17) is 10.5 Å². The number of nitrogen functional groups attached to an aromatic ring is 1. The lowest BCUT2D eigenvalue weighted by molar-refractivity contribution is -0.137. The minimum absolute atomic E-state index is 0.200. The Morgan fingerprint density at radius 3 is 2.80 bits per heavy atom. The number of benzene rings is 1. The number of aromatic nitrogens is 2. The van der Waals surface area contributed by atoms with Crippen molar-refractivity contribution in [1.29, 1.82) is 0 Å². The molecule has 1 amide bonds. The van der Waals surface area contributed by atoms with E-state index in [1.807, 2.05) is 4.90 Å². The molecule has 1 aromatic carbocycles. The van der Waals surface area contributed by atoms with Crippen LogP contribution < -0.4 is 5.73 Å². The molecule has 2 aromatic heterocycles. The maximum atomic E-state index is 13.9.